The number of aromatic nitrogens is 1. The van der Waals surface area contributed by atoms with Crippen LogP contribution in [0.5, 0.6) is 0 Å². The molecule has 80 valence electrons. The molecule has 1 heterocycles. The summed E-state index contributed by atoms with van der Waals surface area (Å²) in [6.45, 7) is 2.63. The van der Waals surface area contributed by atoms with Gasteiger partial charge in [-0.3, -0.25) is 0 Å². The van der Waals surface area contributed by atoms with Gasteiger partial charge in [0.2, 0.25) is 10.5 Å². The van der Waals surface area contributed by atoms with Crippen molar-refractivity contribution in [2.24, 2.45) is 0 Å². The minimum Gasteiger partial charge on any atom is -0.385 e. The number of rotatable bonds is 3. The highest BCUT2D eigenvalue weighted by Crippen LogP contribution is 2.19. The van der Waals surface area contributed by atoms with Gasteiger partial charge in [0.1, 0.15) is 10.8 Å². The molecule has 2 rings (SSSR count). The topological polar surface area (TPSA) is 24.1 Å². The fraction of sp³-hybridized carbons (Fsp3) is 0.364. The molecule has 2 aromatic rings. The van der Waals surface area contributed by atoms with E-state index in [1.165, 1.54) is 15.2 Å². The molecule has 0 aliphatic heterocycles. The quantitative estimate of drug-likeness (QED) is 0.647. The number of thiazole rings is 1. The Hall–Kier alpha value is -0.640. The molecule has 0 aliphatic carbocycles. The van der Waals surface area contributed by atoms with Crippen LogP contribution in [0.3, 0.4) is 0 Å². The average molecular weight is 243 g/mol. The third kappa shape index (κ3) is 2.14. The summed E-state index contributed by atoms with van der Waals surface area (Å²) in [7, 11) is 0. The fourth-order valence-electron chi connectivity index (χ4n) is 1.64. The van der Waals surface area contributed by atoms with Crippen molar-refractivity contribution in [1.29, 1.82) is 0 Å². The number of halogens is 1. The van der Waals surface area contributed by atoms with Crippen LogP contribution in [-0.4, -0.2) is 17.1 Å². The number of aliphatic hydroxyl groups excluding tert-OH is 1. The molecule has 0 amide bonds. The lowest BCUT2D eigenvalue weighted by Crippen LogP contribution is -2.41. The molecular weight excluding hydrogens is 230 g/mol. The van der Waals surface area contributed by atoms with Crippen molar-refractivity contribution in [1.82, 2.24) is 0 Å². The summed E-state index contributed by atoms with van der Waals surface area (Å²) in [6, 6.07) is 8.20. The zero-order chi connectivity index (χ0) is 10.8. The second-order valence-electron chi connectivity index (χ2n) is 3.51. The molecule has 0 bridgehead atoms. The Labute approximate surface area is 97.7 Å². The first-order valence-corrected chi connectivity index (χ1v) is 6.19. The van der Waals surface area contributed by atoms with Gasteiger partial charge in [-0.15, -0.1) is 11.6 Å². The maximum absolute atomic E-state index is 9.57. The number of para-hydroxylation sites is 1. The van der Waals surface area contributed by atoms with Gasteiger partial charge in [-0.05, 0) is 6.07 Å². The number of benzene rings is 1. The van der Waals surface area contributed by atoms with Gasteiger partial charge in [-0.2, -0.15) is 4.57 Å². The molecule has 0 saturated carbocycles. The molecule has 1 aromatic carbocycles. The zero-order valence-corrected chi connectivity index (χ0v) is 10.1. The van der Waals surface area contributed by atoms with E-state index < -0.39 is 6.10 Å². The van der Waals surface area contributed by atoms with E-state index in [4.69, 9.17) is 11.6 Å². The molecule has 15 heavy (non-hydrogen) atoms. The standard InChI is InChI=1S/C11H13ClNOS/c1-8-13(7-9(14)6-12)10-4-2-3-5-11(10)15-8/h2-5,9,14H,6-7H2,1H3/q+1. The first kappa shape index (κ1) is 10.9. The van der Waals surface area contributed by atoms with Gasteiger partial charge in [0.05, 0.1) is 5.88 Å². The first-order valence-electron chi connectivity index (χ1n) is 4.84. The van der Waals surface area contributed by atoms with Gasteiger partial charge in [-0.25, -0.2) is 0 Å². The van der Waals surface area contributed by atoms with Crippen LogP contribution < -0.4 is 4.57 Å². The number of aliphatic hydroxyl groups is 1. The largest absolute Gasteiger partial charge is 0.385 e. The second kappa shape index (κ2) is 4.47. The molecule has 1 atom stereocenters. The summed E-state index contributed by atoms with van der Waals surface area (Å²) in [4.78, 5) is 0. The molecule has 1 aromatic heterocycles. The van der Waals surface area contributed by atoms with E-state index in [-0.39, 0.29) is 5.88 Å². The maximum Gasteiger partial charge on any atom is 0.235 e. The molecule has 0 radical (unpaired) electrons. The van der Waals surface area contributed by atoms with E-state index in [2.05, 4.69) is 23.6 Å². The first-order chi connectivity index (χ1) is 7.22. The van der Waals surface area contributed by atoms with Gasteiger partial charge in [-0.1, -0.05) is 23.5 Å². The molecule has 0 spiro atoms. The molecule has 1 N–H and O–H groups in total. The SMILES string of the molecule is Cc1sc2ccccc2[n+]1CC(O)CCl. The molecule has 1 unspecified atom stereocenters. The third-order valence-corrected chi connectivity index (χ3v) is 3.80. The summed E-state index contributed by atoms with van der Waals surface area (Å²) in [5.41, 5.74) is 1.17. The number of alkyl halides is 1. The van der Waals surface area contributed by atoms with E-state index in [0.29, 0.717) is 6.54 Å². The van der Waals surface area contributed by atoms with Crippen LogP contribution in [0.2, 0.25) is 0 Å². The number of nitrogens with zero attached hydrogens (tertiary/aromatic N) is 1. The summed E-state index contributed by atoms with van der Waals surface area (Å²) < 4.78 is 3.37. The predicted molar refractivity (Wildman–Crippen MR) is 63.5 cm³/mol. The van der Waals surface area contributed by atoms with Crippen molar-refractivity contribution in [3.8, 4) is 0 Å². The van der Waals surface area contributed by atoms with Crippen molar-refractivity contribution < 1.29 is 9.67 Å². The van der Waals surface area contributed by atoms with Crippen LogP contribution in [0.15, 0.2) is 24.3 Å². The lowest BCUT2D eigenvalue weighted by atomic mass is 10.3. The Bertz CT molecular complexity index is 469. The Balaban J connectivity index is 2.45. The molecule has 0 saturated heterocycles. The van der Waals surface area contributed by atoms with Gasteiger partial charge in [0.25, 0.3) is 0 Å². The summed E-state index contributed by atoms with van der Waals surface area (Å²) in [6.07, 6.45) is -0.478. The normalized spacial score (nSPS) is 13.3. The van der Waals surface area contributed by atoms with Crippen LogP contribution in [0, 0.1) is 6.92 Å². The van der Waals surface area contributed by atoms with Crippen LogP contribution in [-0.2, 0) is 6.54 Å². The summed E-state index contributed by atoms with van der Waals surface area (Å²) >= 11 is 7.35. The highest BCUT2D eigenvalue weighted by Gasteiger charge is 2.19. The highest BCUT2D eigenvalue weighted by atomic mass is 35.5. The average Bonchev–Trinajstić information content (AvgIpc) is 2.55. The Morgan fingerprint density at radius 3 is 2.93 bits per heavy atom. The van der Waals surface area contributed by atoms with Gasteiger partial charge in [0.15, 0.2) is 6.54 Å². The number of fused-ring (bicyclic) bond motifs is 1. The number of hydrogen-bond acceptors (Lipinski definition) is 2. The number of aryl methyl sites for hydroxylation is 1. The van der Waals surface area contributed by atoms with Crippen LogP contribution in [0.1, 0.15) is 5.01 Å². The molecular formula is C11H13ClNOS+. The van der Waals surface area contributed by atoms with Crippen LogP contribution >= 0.6 is 22.9 Å². The molecule has 0 aliphatic rings. The molecule has 0 fully saturated rings. The second-order valence-corrected chi connectivity index (χ2v) is 5.05. The summed E-state index contributed by atoms with van der Waals surface area (Å²) in [5.74, 6) is 0.274. The lowest BCUT2D eigenvalue weighted by molar-refractivity contribution is -0.679. The van der Waals surface area contributed by atoms with Crippen LogP contribution in [0.4, 0.5) is 0 Å². The minimum atomic E-state index is -0.478. The molecule has 4 heteroatoms. The fourth-order valence-corrected chi connectivity index (χ4v) is 2.77. The Morgan fingerprint density at radius 2 is 2.20 bits per heavy atom. The Kier molecular flexibility index (Phi) is 3.24. The van der Waals surface area contributed by atoms with Crippen molar-refractivity contribution in [2.45, 2.75) is 19.6 Å². The van der Waals surface area contributed by atoms with E-state index in [1.807, 2.05) is 12.1 Å². The van der Waals surface area contributed by atoms with E-state index >= 15 is 0 Å². The van der Waals surface area contributed by atoms with Gasteiger partial charge in [0, 0.05) is 13.0 Å². The maximum atomic E-state index is 9.57. The Morgan fingerprint density at radius 1 is 1.47 bits per heavy atom. The van der Waals surface area contributed by atoms with E-state index in [9.17, 15) is 5.11 Å². The molecule has 2 nitrogen and oxygen atoms in total. The predicted octanol–water partition coefficient (Wildman–Crippen LogP) is 2.10. The van der Waals surface area contributed by atoms with Crippen molar-refractivity contribution in [2.75, 3.05) is 5.88 Å². The number of hydrogen-bond donors (Lipinski definition) is 1. The van der Waals surface area contributed by atoms with E-state index in [1.54, 1.807) is 11.3 Å². The van der Waals surface area contributed by atoms with Crippen LogP contribution in [0.25, 0.3) is 10.2 Å². The smallest absolute Gasteiger partial charge is 0.235 e. The third-order valence-electron chi connectivity index (χ3n) is 2.37. The van der Waals surface area contributed by atoms with Gasteiger partial charge < -0.3 is 5.11 Å². The van der Waals surface area contributed by atoms with Crippen molar-refractivity contribution in [3.05, 3.63) is 29.3 Å². The zero-order valence-electron chi connectivity index (χ0n) is 8.48. The van der Waals surface area contributed by atoms with E-state index in [0.717, 1.165) is 0 Å². The van der Waals surface area contributed by atoms with Gasteiger partial charge >= 0.3 is 0 Å². The lowest BCUT2D eigenvalue weighted by Gasteiger charge is -2.01. The minimum absolute atomic E-state index is 0.274. The van der Waals surface area contributed by atoms with Crippen molar-refractivity contribution in [3.63, 3.8) is 0 Å². The monoisotopic (exact) mass is 242 g/mol. The van der Waals surface area contributed by atoms with Crippen molar-refractivity contribution >= 4 is 33.2 Å². The summed E-state index contributed by atoms with van der Waals surface area (Å²) in [5, 5.41) is 10.8. The highest BCUT2D eigenvalue weighted by molar-refractivity contribution is 7.18.